The van der Waals surface area contributed by atoms with Crippen molar-refractivity contribution in [2.45, 2.75) is 32.6 Å². The van der Waals surface area contributed by atoms with Crippen LogP contribution in [0.5, 0.6) is 5.88 Å². The van der Waals surface area contributed by atoms with Crippen LogP contribution in [0.2, 0.25) is 5.02 Å². The minimum Gasteiger partial charge on any atom is -0.476 e. The molecule has 1 atom stereocenters. The van der Waals surface area contributed by atoms with E-state index in [1.165, 1.54) is 0 Å². The summed E-state index contributed by atoms with van der Waals surface area (Å²) in [5.41, 5.74) is 0.903. The van der Waals surface area contributed by atoms with Gasteiger partial charge in [0.25, 0.3) is 0 Å². The summed E-state index contributed by atoms with van der Waals surface area (Å²) in [6.45, 7) is 4.97. The summed E-state index contributed by atoms with van der Waals surface area (Å²) in [6, 6.07) is 1.79. The van der Waals surface area contributed by atoms with Crippen LogP contribution in [0, 0.1) is 5.92 Å². The molecule has 0 bridgehead atoms. The average Bonchev–Trinajstić information content (AvgIpc) is 2.27. The first-order chi connectivity index (χ1) is 7.67. The monoisotopic (exact) mass is 261 g/mol. The van der Waals surface area contributed by atoms with Crippen LogP contribution in [0.1, 0.15) is 32.3 Å². The van der Waals surface area contributed by atoms with Crippen LogP contribution >= 0.6 is 23.2 Å². The number of halogens is 2. The van der Waals surface area contributed by atoms with E-state index in [2.05, 4.69) is 18.8 Å². The van der Waals surface area contributed by atoms with Crippen LogP contribution in [0.3, 0.4) is 0 Å². The second kappa shape index (κ2) is 6.97. The Labute approximate surface area is 107 Å². The smallest absolute Gasteiger partial charge is 0.232 e. The highest BCUT2D eigenvalue weighted by atomic mass is 35.5. The molecule has 0 N–H and O–H groups in total. The zero-order valence-electron chi connectivity index (χ0n) is 9.67. The number of hydrogen-bond acceptors (Lipinski definition) is 2. The van der Waals surface area contributed by atoms with Gasteiger partial charge in [-0.2, -0.15) is 0 Å². The standard InChI is InChI=1S/C12H17Cl2NO/c1-3-4-9(2)8-16-12-11(14)5-10(6-13)7-15-12/h5,7,9H,3-4,6,8H2,1-2H3. The van der Waals surface area contributed by atoms with E-state index in [-0.39, 0.29) is 0 Å². The summed E-state index contributed by atoms with van der Waals surface area (Å²) in [5, 5.41) is 0.529. The molecule has 0 aromatic carbocycles. The first-order valence-electron chi connectivity index (χ1n) is 5.50. The quantitative estimate of drug-likeness (QED) is 0.713. The highest BCUT2D eigenvalue weighted by Gasteiger charge is 2.07. The first-order valence-corrected chi connectivity index (χ1v) is 6.41. The molecule has 0 saturated heterocycles. The minimum atomic E-state index is 0.416. The predicted octanol–water partition coefficient (Wildman–Crippen LogP) is 4.29. The van der Waals surface area contributed by atoms with Gasteiger partial charge in [0.05, 0.1) is 6.61 Å². The number of hydrogen-bond donors (Lipinski definition) is 0. The molecule has 0 spiro atoms. The Kier molecular flexibility index (Phi) is 5.93. The fourth-order valence-electron chi connectivity index (χ4n) is 1.44. The van der Waals surface area contributed by atoms with Gasteiger partial charge in [-0.3, -0.25) is 0 Å². The first kappa shape index (κ1) is 13.6. The van der Waals surface area contributed by atoms with Crippen LogP contribution in [0.15, 0.2) is 12.3 Å². The molecular formula is C12H17Cl2NO. The summed E-state index contributed by atoms with van der Waals surface area (Å²) in [5.74, 6) is 1.44. The van der Waals surface area contributed by atoms with Crippen molar-refractivity contribution in [3.8, 4) is 5.88 Å². The van der Waals surface area contributed by atoms with E-state index < -0.39 is 0 Å². The van der Waals surface area contributed by atoms with Crippen molar-refractivity contribution in [2.24, 2.45) is 5.92 Å². The lowest BCUT2D eigenvalue weighted by Crippen LogP contribution is -2.09. The van der Waals surface area contributed by atoms with Gasteiger partial charge < -0.3 is 4.74 Å². The molecule has 1 unspecified atom stereocenters. The third kappa shape index (κ3) is 4.18. The molecule has 1 aromatic heterocycles. The van der Waals surface area contributed by atoms with E-state index in [4.69, 9.17) is 27.9 Å². The Morgan fingerprint density at radius 3 is 2.81 bits per heavy atom. The maximum atomic E-state index is 6.02. The van der Waals surface area contributed by atoms with E-state index in [0.29, 0.717) is 29.3 Å². The van der Waals surface area contributed by atoms with Crippen molar-refractivity contribution in [1.29, 1.82) is 0 Å². The molecule has 0 radical (unpaired) electrons. The maximum absolute atomic E-state index is 6.02. The second-order valence-electron chi connectivity index (χ2n) is 3.97. The molecule has 0 amide bonds. The fourth-order valence-corrected chi connectivity index (χ4v) is 1.83. The van der Waals surface area contributed by atoms with Gasteiger partial charge in [-0.25, -0.2) is 4.98 Å². The molecule has 90 valence electrons. The molecule has 0 aliphatic rings. The van der Waals surface area contributed by atoms with Gasteiger partial charge in [-0.1, -0.05) is 31.9 Å². The SMILES string of the molecule is CCCC(C)COc1ncc(CCl)cc1Cl. The highest BCUT2D eigenvalue weighted by molar-refractivity contribution is 6.32. The number of pyridine rings is 1. The Balaban J connectivity index is 2.54. The fraction of sp³-hybridized carbons (Fsp3) is 0.583. The van der Waals surface area contributed by atoms with Crippen molar-refractivity contribution in [2.75, 3.05) is 6.61 Å². The third-order valence-electron chi connectivity index (χ3n) is 2.30. The molecule has 0 aliphatic carbocycles. The van der Waals surface area contributed by atoms with E-state index in [9.17, 15) is 0 Å². The van der Waals surface area contributed by atoms with Crippen molar-refractivity contribution in [1.82, 2.24) is 4.98 Å². The summed E-state index contributed by atoms with van der Waals surface area (Å²) in [4.78, 5) is 4.14. The Hall–Kier alpha value is -0.470. The van der Waals surface area contributed by atoms with Gasteiger partial charge >= 0.3 is 0 Å². The van der Waals surface area contributed by atoms with Crippen LogP contribution < -0.4 is 4.74 Å². The maximum Gasteiger partial charge on any atom is 0.232 e. The zero-order chi connectivity index (χ0) is 12.0. The molecule has 0 fully saturated rings. The molecule has 1 aromatic rings. The zero-order valence-corrected chi connectivity index (χ0v) is 11.2. The third-order valence-corrected chi connectivity index (χ3v) is 2.88. The number of alkyl halides is 1. The molecule has 1 rings (SSSR count). The lowest BCUT2D eigenvalue weighted by atomic mass is 10.1. The van der Waals surface area contributed by atoms with Crippen molar-refractivity contribution in [3.63, 3.8) is 0 Å². The Morgan fingerprint density at radius 1 is 1.50 bits per heavy atom. The molecule has 2 nitrogen and oxygen atoms in total. The number of rotatable bonds is 6. The van der Waals surface area contributed by atoms with Crippen LogP contribution in [-0.2, 0) is 5.88 Å². The summed E-state index contributed by atoms with van der Waals surface area (Å²) < 4.78 is 5.56. The van der Waals surface area contributed by atoms with Gasteiger partial charge in [0.1, 0.15) is 5.02 Å². The summed E-state index contributed by atoms with van der Waals surface area (Å²) in [6.07, 6.45) is 4.01. The Bertz CT molecular complexity index is 331. The van der Waals surface area contributed by atoms with Gasteiger partial charge in [0.2, 0.25) is 5.88 Å². The Morgan fingerprint density at radius 2 is 2.25 bits per heavy atom. The van der Waals surface area contributed by atoms with Crippen LogP contribution in [0.25, 0.3) is 0 Å². The summed E-state index contributed by atoms with van der Waals surface area (Å²) >= 11 is 11.7. The van der Waals surface area contributed by atoms with E-state index in [1.807, 2.05) is 0 Å². The highest BCUT2D eigenvalue weighted by Crippen LogP contribution is 2.23. The van der Waals surface area contributed by atoms with Gasteiger partial charge in [0, 0.05) is 12.1 Å². The van der Waals surface area contributed by atoms with Gasteiger partial charge in [-0.05, 0) is 24.0 Å². The van der Waals surface area contributed by atoms with Crippen molar-refractivity contribution >= 4 is 23.2 Å². The predicted molar refractivity (Wildman–Crippen MR) is 68.4 cm³/mol. The summed E-state index contributed by atoms with van der Waals surface area (Å²) in [7, 11) is 0. The number of nitrogens with zero attached hydrogens (tertiary/aromatic N) is 1. The molecule has 16 heavy (non-hydrogen) atoms. The van der Waals surface area contributed by atoms with Crippen molar-refractivity contribution in [3.05, 3.63) is 22.8 Å². The topological polar surface area (TPSA) is 22.1 Å². The minimum absolute atomic E-state index is 0.416. The van der Waals surface area contributed by atoms with Crippen LogP contribution in [0.4, 0.5) is 0 Å². The largest absolute Gasteiger partial charge is 0.476 e. The van der Waals surface area contributed by atoms with Gasteiger partial charge in [0.15, 0.2) is 0 Å². The van der Waals surface area contributed by atoms with E-state index in [0.717, 1.165) is 18.4 Å². The average molecular weight is 262 g/mol. The lowest BCUT2D eigenvalue weighted by Gasteiger charge is -2.12. The van der Waals surface area contributed by atoms with E-state index >= 15 is 0 Å². The van der Waals surface area contributed by atoms with E-state index in [1.54, 1.807) is 12.3 Å². The lowest BCUT2D eigenvalue weighted by molar-refractivity contribution is 0.243. The van der Waals surface area contributed by atoms with Crippen molar-refractivity contribution < 1.29 is 4.74 Å². The molecule has 4 heteroatoms. The second-order valence-corrected chi connectivity index (χ2v) is 4.64. The number of ether oxygens (including phenoxy) is 1. The molecule has 0 saturated carbocycles. The normalized spacial score (nSPS) is 12.5. The van der Waals surface area contributed by atoms with Gasteiger partial charge in [-0.15, -0.1) is 11.6 Å². The molecular weight excluding hydrogens is 245 g/mol. The van der Waals surface area contributed by atoms with Crippen LogP contribution in [-0.4, -0.2) is 11.6 Å². The molecule has 1 heterocycles. The molecule has 0 aliphatic heterocycles. The number of aromatic nitrogens is 1.